The number of carbonyl (C=O) groups excluding carboxylic acids is 1. The molecule has 0 aromatic heterocycles. The van der Waals surface area contributed by atoms with Gasteiger partial charge in [0.1, 0.15) is 5.75 Å². The maximum Gasteiger partial charge on any atom is 0.261 e. The summed E-state index contributed by atoms with van der Waals surface area (Å²) in [5, 5.41) is 0.442. The van der Waals surface area contributed by atoms with Gasteiger partial charge in [0.25, 0.3) is 15.9 Å². The molecule has 2 rings (SSSR count). The highest BCUT2D eigenvalue weighted by atomic mass is 35.5. The minimum Gasteiger partial charge on any atom is -0.484 e. The molecular weight excluding hydrogens is 364 g/mol. The average molecular weight is 383 g/mol. The first-order valence-electron chi connectivity index (χ1n) is 7.41. The molecule has 0 saturated heterocycles. The summed E-state index contributed by atoms with van der Waals surface area (Å²) in [5.41, 5.74) is 1.18. The number of amides is 1. The maximum atomic E-state index is 12.5. The molecule has 1 amide bonds. The molecule has 0 aliphatic rings. The number of hydrogen-bond donors (Lipinski definition) is 1. The highest BCUT2D eigenvalue weighted by Gasteiger charge is 2.16. The number of carbonyl (C=O) groups is 1. The van der Waals surface area contributed by atoms with Gasteiger partial charge >= 0.3 is 0 Å². The van der Waals surface area contributed by atoms with Gasteiger partial charge in [-0.15, -0.1) is 0 Å². The molecule has 2 aromatic carbocycles. The molecule has 6 nitrogen and oxygen atoms in total. The van der Waals surface area contributed by atoms with Crippen LogP contribution in [-0.2, 0) is 14.8 Å². The summed E-state index contributed by atoms with van der Waals surface area (Å²) in [6.07, 6.45) is 0. The van der Waals surface area contributed by atoms with Gasteiger partial charge in [-0.3, -0.25) is 9.52 Å². The summed E-state index contributed by atoms with van der Waals surface area (Å²) in [6, 6.07) is 10.8. The Morgan fingerprint density at radius 3 is 2.40 bits per heavy atom. The smallest absolute Gasteiger partial charge is 0.261 e. The van der Waals surface area contributed by atoms with Crippen LogP contribution in [0, 0.1) is 6.92 Å². The first-order valence-corrected chi connectivity index (χ1v) is 9.27. The van der Waals surface area contributed by atoms with E-state index in [1.54, 1.807) is 39.2 Å². The van der Waals surface area contributed by atoms with Crippen molar-refractivity contribution in [3.05, 3.63) is 53.1 Å². The molecule has 0 aliphatic carbocycles. The Labute approximate surface area is 152 Å². The minimum absolute atomic E-state index is 0.0816. The van der Waals surface area contributed by atoms with E-state index in [1.807, 2.05) is 0 Å². The van der Waals surface area contributed by atoms with Gasteiger partial charge in [0.05, 0.1) is 10.6 Å². The first-order chi connectivity index (χ1) is 11.7. The summed E-state index contributed by atoms with van der Waals surface area (Å²) in [7, 11) is -0.494. The summed E-state index contributed by atoms with van der Waals surface area (Å²) >= 11 is 5.91. The van der Waals surface area contributed by atoms with Crippen LogP contribution in [0.5, 0.6) is 5.75 Å². The van der Waals surface area contributed by atoms with Gasteiger partial charge in [0.2, 0.25) is 0 Å². The van der Waals surface area contributed by atoms with Gasteiger partial charge in [-0.05, 0) is 48.9 Å². The van der Waals surface area contributed by atoms with Crippen LogP contribution in [0.15, 0.2) is 47.4 Å². The van der Waals surface area contributed by atoms with Crippen molar-refractivity contribution in [2.24, 2.45) is 0 Å². The second-order valence-electron chi connectivity index (χ2n) is 5.61. The van der Waals surface area contributed by atoms with Crippen molar-refractivity contribution in [3.63, 3.8) is 0 Å². The second-order valence-corrected chi connectivity index (χ2v) is 7.73. The number of hydrogen-bond acceptors (Lipinski definition) is 4. The van der Waals surface area contributed by atoms with E-state index >= 15 is 0 Å². The topological polar surface area (TPSA) is 75.7 Å². The molecule has 0 heterocycles. The SMILES string of the molecule is Cc1ccc(Cl)cc1NS(=O)(=O)c1ccc(OCC(=O)N(C)C)cc1. The molecule has 0 bridgehead atoms. The van der Waals surface area contributed by atoms with Crippen LogP contribution in [0.1, 0.15) is 5.56 Å². The molecule has 134 valence electrons. The normalized spacial score (nSPS) is 11.0. The maximum absolute atomic E-state index is 12.5. The largest absolute Gasteiger partial charge is 0.484 e. The predicted octanol–water partition coefficient (Wildman–Crippen LogP) is 2.92. The summed E-state index contributed by atoms with van der Waals surface area (Å²) in [4.78, 5) is 13.0. The predicted molar refractivity (Wildman–Crippen MR) is 97.6 cm³/mol. The number of sulfonamides is 1. The Bertz CT molecular complexity index is 865. The van der Waals surface area contributed by atoms with Crippen molar-refractivity contribution >= 4 is 33.2 Å². The van der Waals surface area contributed by atoms with Gasteiger partial charge in [-0.25, -0.2) is 8.42 Å². The van der Waals surface area contributed by atoms with Gasteiger partial charge < -0.3 is 9.64 Å². The number of rotatable bonds is 6. The number of ether oxygens (including phenoxy) is 1. The Morgan fingerprint density at radius 1 is 1.16 bits per heavy atom. The van der Waals surface area contributed by atoms with E-state index in [0.717, 1.165) is 5.56 Å². The van der Waals surface area contributed by atoms with Crippen molar-refractivity contribution in [2.75, 3.05) is 25.4 Å². The summed E-state index contributed by atoms with van der Waals surface area (Å²) in [5.74, 6) is 0.225. The van der Waals surface area contributed by atoms with E-state index in [-0.39, 0.29) is 17.4 Å². The zero-order valence-corrected chi connectivity index (χ0v) is 15.7. The van der Waals surface area contributed by atoms with Crippen molar-refractivity contribution < 1.29 is 17.9 Å². The third kappa shape index (κ3) is 5.11. The Balaban J connectivity index is 2.12. The Hall–Kier alpha value is -2.25. The third-order valence-corrected chi connectivity index (χ3v) is 5.06. The van der Waals surface area contributed by atoms with E-state index in [2.05, 4.69) is 4.72 Å². The van der Waals surface area contributed by atoms with Crippen LogP contribution in [0.4, 0.5) is 5.69 Å². The molecule has 0 fully saturated rings. The molecular formula is C17H19ClN2O4S. The van der Waals surface area contributed by atoms with Gasteiger partial charge in [-0.2, -0.15) is 0 Å². The molecule has 0 unspecified atom stereocenters. The molecule has 25 heavy (non-hydrogen) atoms. The van der Waals surface area contributed by atoms with Crippen LogP contribution in [-0.4, -0.2) is 39.9 Å². The highest BCUT2D eigenvalue weighted by Crippen LogP contribution is 2.24. The van der Waals surface area contributed by atoms with Gasteiger partial charge in [0, 0.05) is 19.1 Å². The lowest BCUT2D eigenvalue weighted by Gasteiger charge is -2.13. The van der Waals surface area contributed by atoms with Crippen molar-refractivity contribution in [1.82, 2.24) is 4.90 Å². The number of likely N-dealkylation sites (N-methyl/N-ethyl adjacent to an activating group) is 1. The van der Waals surface area contributed by atoms with Crippen molar-refractivity contribution in [3.8, 4) is 5.75 Å². The fourth-order valence-corrected chi connectivity index (χ4v) is 3.19. The van der Waals surface area contributed by atoms with Crippen LogP contribution in [0.3, 0.4) is 0 Å². The zero-order chi connectivity index (χ0) is 18.6. The quantitative estimate of drug-likeness (QED) is 0.833. The lowest BCUT2D eigenvalue weighted by molar-refractivity contribution is -0.130. The van der Waals surface area contributed by atoms with Gasteiger partial charge in [0.15, 0.2) is 6.61 Å². The number of anilines is 1. The summed E-state index contributed by atoms with van der Waals surface area (Å²) < 4.78 is 32.8. The molecule has 2 aromatic rings. The van der Waals surface area contributed by atoms with Crippen LogP contribution in [0.2, 0.25) is 5.02 Å². The van der Waals surface area contributed by atoms with Crippen LogP contribution < -0.4 is 9.46 Å². The van der Waals surface area contributed by atoms with Crippen molar-refractivity contribution in [1.29, 1.82) is 0 Å². The lowest BCUT2D eigenvalue weighted by atomic mass is 10.2. The highest BCUT2D eigenvalue weighted by molar-refractivity contribution is 7.92. The van der Waals surface area contributed by atoms with Gasteiger partial charge in [-0.1, -0.05) is 17.7 Å². The number of benzene rings is 2. The Kier molecular flexibility index (Phi) is 5.92. The average Bonchev–Trinajstić information content (AvgIpc) is 2.56. The molecule has 0 spiro atoms. The monoisotopic (exact) mass is 382 g/mol. The van der Waals surface area contributed by atoms with E-state index in [0.29, 0.717) is 16.5 Å². The van der Waals surface area contributed by atoms with E-state index in [1.165, 1.54) is 29.2 Å². The standard InChI is InChI=1S/C17H19ClN2O4S/c1-12-4-5-13(18)10-16(12)19-25(22,23)15-8-6-14(7-9-15)24-11-17(21)20(2)3/h4-10,19H,11H2,1-3H3. The number of aryl methyl sites for hydroxylation is 1. The number of halogens is 1. The van der Waals surface area contributed by atoms with E-state index < -0.39 is 10.0 Å². The molecule has 0 aliphatic heterocycles. The van der Waals surface area contributed by atoms with Crippen LogP contribution >= 0.6 is 11.6 Å². The fourth-order valence-electron chi connectivity index (χ4n) is 1.90. The molecule has 0 atom stereocenters. The molecule has 1 N–H and O–H groups in total. The third-order valence-electron chi connectivity index (χ3n) is 3.44. The van der Waals surface area contributed by atoms with Crippen LogP contribution in [0.25, 0.3) is 0 Å². The zero-order valence-electron chi connectivity index (χ0n) is 14.1. The van der Waals surface area contributed by atoms with E-state index in [9.17, 15) is 13.2 Å². The van der Waals surface area contributed by atoms with Crippen molar-refractivity contribution in [2.45, 2.75) is 11.8 Å². The number of nitrogens with zero attached hydrogens (tertiary/aromatic N) is 1. The first kappa shape index (κ1) is 19.1. The van der Waals surface area contributed by atoms with E-state index in [4.69, 9.17) is 16.3 Å². The second kappa shape index (κ2) is 7.76. The summed E-state index contributed by atoms with van der Waals surface area (Å²) in [6.45, 7) is 1.67. The Morgan fingerprint density at radius 2 is 1.80 bits per heavy atom. The number of nitrogens with one attached hydrogen (secondary N) is 1. The molecule has 0 radical (unpaired) electrons. The molecule has 0 saturated carbocycles. The lowest BCUT2D eigenvalue weighted by Crippen LogP contribution is -2.27. The minimum atomic E-state index is -3.75. The fraction of sp³-hybridized carbons (Fsp3) is 0.235. The molecule has 8 heteroatoms.